The summed E-state index contributed by atoms with van der Waals surface area (Å²) in [5, 5.41) is 7.80. The highest BCUT2D eigenvalue weighted by Gasteiger charge is 2.11. The molecule has 1 nitrogen and oxygen atoms in total. The van der Waals surface area contributed by atoms with Gasteiger partial charge in [-0.3, -0.25) is 0 Å². The monoisotopic (exact) mass is 251 g/mol. The summed E-state index contributed by atoms with van der Waals surface area (Å²) in [6.07, 6.45) is 2.33. The van der Waals surface area contributed by atoms with Crippen LogP contribution >= 0.6 is 22.7 Å². The van der Waals surface area contributed by atoms with E-state index in [9.17, 15) is 0 Å². The molecule has 0 saturated heterocycles. The van der Waals surface area contributed by atoms with Crippen molar-refractivity contribution in [2.75, 3.05) is 7.05 Å². The molecule has 1 N–H and O–H groups in total. The van der Waals surface area contributed by atoms with Gasteiger partial charge in [0.05, 0.1) is 0 Å². The molecule has 0 aliphatic rings. The summed E-state index contributed by atoms with van der Waals surface area (Å²) in [5.74, 6) is 0. The van der Waals surface area contributed by atoms with Crippen LogP contribution in [0, 0.1) is 6.92 Å². The summed E-state index contributed by atoms with van der Waals surface area (Å²) in [6.45, 7) is 2.17. The van der Waals surface area contributed by atoms with Gasteiger partial charge in [-0.2, -0.15) is 11.3 Å². The summed E-state index contributed by atoms with van der Waals surface area (Å²) in [7, 11) is 2.05. The zero-order valence-electron chi connectivity index (χ0n) is 9.69. The lowest BCUT2D eigenvalue weighted by atomic mass is 10.1. The van der Waals surface area contributed by atoms with Crippen molar-refractivity contribution in [3.63, 3.8) is 0 Å². The molecule has 0 spiro atoms. The Bertz CT molecular complexity index is 417. The van der Waals surface area contributed by atoms with Gasteiger partial charge in [0, 0.05) is 15.8 Å². The van der Waals surface area contributed by atoms with Crippen LogP contribution in [0.5, 0.6) is 0 Å². The quantitative estimate of drug-likeness (QED) is 0.846. The maximum Gasteiger partial charge on any atom is 0.0415 e. The van der Waals surface area contributed by atoms with Gasteiger partial charge in [-0.25, -0.2) is 0 Å². The lowest BCUT2D eigenvalue weighted by Crippen LogP contribution is -2.15. The van der Waals surface area contributed by atoms with Crippen LogP contribution in [0.25, 0.3) is 0 Å². The van der Waals surface area contributed by atoms with Crippen LogP contribution in [0.15, 0.2) is 29.0 Å². The molecule has 86 valence electrons. The van der Waals surface area contributed by atoms with E-state index in [1.165, 1.54) is 21.7 Å². The Labute approximate surface area is 105 Å². The number of nitrogens with one attached hydrogen (secondary N) is 1. The predicted octanol–water partition coefficient (Wildman–Crippen LogP) is 4.01. The Kier molecular flexibility index (Phi) is 4.16. The molecule has 1 unspecified atom stereocenters. The molecule has 16 heavy (non-hydrogen) atoms. The highest BCUT2D eigenvalue weighted by molar-refractivity contribution is 7.12. The highest BCUT2D eigenvalue weighted by Crippen LogP contribution is 2.26. The maximum atomic E-state index is 3.41. The lowest BCUT2D eigenvalue weighted by Gasteiger charge is -2.13. The third-order valence-electron chi connectivity index (χ3n) is 2.75. The third-order valence-corrected chi connectivity index (χ3v) is 4.60. The van der Waals surface area contributed by atoms with Gasteiger partial charge in [0.2, 0.25) is 0 Å². The largest absolute Gasteiger partial charge is 0.312 e. The molecule has 0 aromatic carbocycles. The van der Waals surface area contributed by atoms with Crippen molar-refractivity contribution < 1.29 is 0 Å². The number of hydrogen-bond acceptors (Lipinski definition) is 3. The second-order valence-electron chi connectivity index (χ2n) is 3.96. The maximum absolute atomic E-state index is 3.41. The van der Waals surface area contributed by atoms with Crippen LogP contribution < -0.4 is 5.32 Å². The van der Waals surface area contributed by atoms with Crippen molar-refractivity contribution in [1.82, 2.24) is 5.32 Å². The zero-order chi connectivity index (χ0) is 11.4. The van der Waals surface area contributed by atoms with E-state index in [0.717, 1.165) is 6.42 Å². The Morgan fingerprint density at radius 2 is 2.19 bits per heavy atom. The molecule has 2 aromatic heterocycles. The van der Waals surface area contributed by atoms with Crippen LogP contribution in [-0.2, 0) is 6.42 Å². The molecule has 0 saturated carbocycles. The molecule has 0 radical (unpaired) electrons. The molecule has 1 atom stereocenters. The summed E-state index contributed by atoms with van der Waals surface area (Å²) < 4.78 is 0. The molecular weight excluding hydrogens is 234 g/mol. The third kappa shape index (κ3) is 2.94. The fourth-order valence-corrected chi connectivity index (χ4v) is 3.54. The minimum Gasteiger partial charge on any atom is -0.312 e. The van der Waals surface area contributed by atoms with Crippen LogP contribution in [-0.4, -0.2) is 7.05 Å². The second kappa shape index (κ2) is 5.62. The smallest absolute Gasteiger partial charge is 0.0415 e. The Balaban J connectivity index is 1.96. The van der Waals surface area contributed by atoms with Gasteiger partial charge in [0.1, 0.15) is 0 Å². The fraction of sp³-hybridized carbons (Fsp3) is 0.385. The van der Waals surface area contributed by atoms with E-state index in [4.69, 9.17) is 0 Å². The van der Waals surface area contributed by atoms with Crippen molar-refractivity contribution in [2.24, 2.45) is 0 Å². The van der Waals surface area contributed by atoms with E-state index in [-0.39, 0.29) is 0 Å². The first-order valence-corrected chi connectivity index (χ1v) is 7.30. The van der Waals surface area contributed by atoms with E-state index >= 15 is 0 Å². The van der Waals surface area contributed by atoms with Gasteiger partial charge in [-0.15, -0.1) is 11.3 Å². The first kappa shape index (κ1) is 11.8. The highest BCUT2D eigenvalue weighted by atomic mass is 32.1. The molecule has 2 heterocycles. The Morgan fingerprint density at radius 3 is 2.75 bits per heavy atom. The SMILES string of the molecule is CNC(CCc1ccsc1)c1ccc(C)s1. The molecule has 0 bridgehead atoms. The number of thiophene rings is 2. The van der Waals surface area contributed by atoms with E-state index in [1.54, 1.807) is 11.3 Å². The average molecular weight is 251 g/mol. The molecule has 2 rings (SSSR count). The lowest BCUT2D eigenvalue weighted by molar-refractivity contribution is 0.558. The molecule has 2 aromatic rings. The molecule has 0 aliphatic carbocycles. The van der Waals surface area contributed by atoms with Gasteiger partial charge in [-0.05, 0) is 61.3 Å². The van der Waals surface area contributed by atoms with Gasteiger partial charge in [-0.1, -0.05) is 0 Å². The molecule has 0 fully saturated rings. The van der Waals surface area contributed by atoms with E-state index in [0.29, 0.717) is 6.04 Å². The zero-order valence-corrected chi connectivity index (χ0v) is 11.3. The summed E-state index contributed by atoms with van der Waals surface area (Å²) >= 11 is 3.68. The first-order valence-electron chi connectivity index (χ1n) is 5.54. The van der Waals surface area contributed by atoms with E-state index in [2.05, 4.69) is 41.2 Å². The van der Waals surface area contributed by atoms with Crippen LogP contribution in [0.4, 0.5) is 0 Å². The van der Waals surface area contributed by atoms with Gasteiger partial charge in [0.15, 0.2) is 0 Å². The summed E-state index contributed by atoms with van der Waals surface area (Å²) in [6, 6.07) is 7.17. The van der Waals surface area contributed by atoms with Crippen molar-refractivity contribution in [3.05, 3.63) is 44.3 Å². The normalized spacial score (nSPS) is 12.9. The second-order valence-corrected chi connectivity index (χ2v) is 6.06. The van der Waals surface area contributed by atoms with Crippen molar-refractivity contribution >= 4 is 22.7 Å². The van der Waals surface area contributed by atoms with Crippen LogP contribution in [0.1, 0.15) is 27.8 Å². The Hall–Kier alpha value is -0.640. The summed E-state index contributed by atoms with van der Waals surface area (Å²) in [5.41, 5.74) is 1.46. The van der Waals surface area contributed by atoms with Crippen molar-refractivity contribution in [3.8, 4) is 0 Å². The molecule has 0 aliphatic heterocycles. The molecular formula is C13H17NS2. The van der Waals surface area contributed by atoms with Crippen LogP contribution in [0.2, 0.25) is 0 Å². The average Bonchev–Trinajstić information content (AvgIpc) is 2.91. The first-order chi connectivity index (χ1) is 7.79. The molecule has 3 heteroatoms. The Morgan fingerprint density at radius 1 is 1.31 bits per heavy atom. The van der Waals surface area contributed by atoms with Crippen LogP contribution in [0.3, 0.4) is 0 Å². The van der Waals surface area contributed by atoms with Crippen molar-refractivity contribution in [2.45, 2.75) is 25.8 Å². The van der Waals surface area contributed by atoms with Crippen molar-refractivity contribution in [1.29, 1.82) is 0 Å². The van der Waals surface area contributed by atoms with Gasteiger partial charge < -0.3 is 5.32 Å². The topological polar surface area (TPSA) is 12.0 Å². The number of aryl methyl sites for hydroxylation is 2. The molecule has 0 amide bonds. The number of rotatable bonds is 5. The standard InChI is InChI=1S/C13H17NS2/c1-10-3-6-13(16-10)12(14-2)5-4-11-7-8-15-9-11/h3,6-9,12,14H,4-5H2,1-2H3. The van der Waals surface area contributed by atoms with Gasteiger partial charge in [0.25, 0.3) is 0 Å². The summed E-state index contributed by atoms with van der Waals surface area (Å²) in [4.78, 5) is 2.85. The van der Waals surface area contributed by atoms with E-state index in [1.807, 2.05) is 18.4 Å². The number of hydrogen-bond donors (Lipinski definition) is 1. The predicted molar refractivity (Wildman–Crippen MR) is 73.5 cm³/mol. The minimum absolute atomic E-state index is 0.499. The fourth-order valence-electron chi connectivity index (χ4n) is 1.82. The van der Waals surface area contributed by atoms with Gasteiger partial charge >= 0.3 is 0 Å². The minimum atomic E-state index is 0.499. The van der Waals surface area contributed by atoms with E-state index < -0.39 is 0 Å².